The lowest BCUT2D eigenvalue weighted by Gasteiger charge is -2.24. The molecule has 4 heterocycles. The van der Waals surface area contributed by atoms with Crippen molar-refractivity contribution >= 4 is 5.91 Å². The zero-order chi connectivity index (χ0) is 20.5. The first-order valence-corrected chi connectivity index (χ1v) is 9.77. The Morgan fingerprint density at radius 3 is 2.76 bits per heavy atom. The summed E-state index contributed by atoms with van der Waals surface area (Å²) in [5.74, 6) is 0.484. The largest absolute Gasteiger partial charge is 0.331 e. The van der Waals surface area contributed by atoms with E-state index in [2.05, 4.69) is 20.1 Å². The summed E-state index contributed by atoms with van der Waals surface area (Å²) in [4.78, 5) is 38.8. The van der Waals surface area contributed by atoms with Crippen molar-refractivity contribution in [3.63, 3.8) is 0 Å². The van der Waals surface area contributed by atoms with Crippen LogP contribution in [0.2, 0.25) is 0 Å². The third kappa shape index (κ3) is 3.70. The highest BCUT2D eigenvalue weighted by atomic mass is 16.2. The molecule has 4 rings (SSSR count). The predicted octanol–water partition coefficient (Wildman–Crippen LogP) is 2.32. The van der Waals surface area contributed by atoms with E-state index in [1.54, 1.807) is 15.8 Å². The van der Waals surface area contributed by atoms with Gasteiger partial charge in [-0.2, -0.15) is 5.10 Å². The zero-order valence-electron chi connectivity index (χ0n) is 16.8. The number of H-pyrrole nitrogens is 1. The third-order valence-electron chi connectivity index (χ3n) is 5.60. The van der Waals surface area contributed by atoms with Crippen molar-refractivity contribution < 1.29 is 4.79 Å². The van der Waals surface area contributed by atoms with Crippen molar-refractivity contribution in [2.75, 3.05) is 6.54 Å². The third-order valence-corrected chi connectivity index (χ3v) is 5.60. The van der Waals surface area contributed by atoms with Gasteiger partial charge in [-0.15, -0.1) is 0 Å². The van der Waals surface area contributed by atoms with Crippen LogP contribution in [-0.2, 0) is 11.3 Å². The highest BCUT2D eigenvalue weighted by Crippen LogP contribution is 2.30. The van der Waals surface area contributed by atoms with Crippen LogP contribution < -0.4 is 5.56 Å². The Morgan fingerprint density at radius 2 is 2.07 bits per heavy atom. The molecule has 8 heteroatoms. The van der Waals surface area contributed by atoms with E-state index >= 15 is 0 Å². The second-order valence-electron chi connectivity index (χ2n) is 7.43. The van der Waals surface area contributed by atoms with Crippen LogP contribution in [0.4, 0.5) is 0 Å². The van der Waals surface area contributed by atoms with Gasteiger partial charge in [0.1, 0.15) is 12.4 Å². The summed E-state index contributed by atoms with van der Waals surface area (Å²) < 4.78 is 1.75. The van der Waals surface area contributed by atoms with Crippen molar-refractivity contribution in [2.45, 2.75) is 46.2 Å². The molecule has 0 unspecified atom stereocenters. The maximum absolute atomic E-state index is 13.0. The number of carbonyl (C=O) groups excluding carboxylic acids is 1. The molecule has 3 aromatic heterocycles. The summed E-state index contributed by atoms with van der Waals surface area (Å²) in [6.07, 6.45) is 3.29. The van der Waals surface area contributed by atoms with Gasteiger partial charge < -0.3 is 9.88 Å². The minimum absolute atomic E-state index is 0.0241. The Kier molecular flexibility index (Phi) is 5.00. The summed E-state index contributed by atoms with van der Waals surface area (Å²) in [5.41, 5.74) is 3.93. The van der Waals surface area contributed by atoms with E-state index < -0.39 is 0 Å². The van der Waals surface area contributed by atoms with E-state index in [0.29, 0.717) is 23.8 Å². The van der Waals surface area contributed by atoms with Gasteiger partial charge in [-0.25, -0.2) is 4.98 Å². The molecule has 1 amide bonds. The van der Waals surface area contributed by atoms with Crippen LogP contribution in [0.15, 0.2) is 35.3 Å². The Morgan fingerprint density at radius 1 is 1.24 bits per heavy atom. The fourth-order valence-corrected chi connectivity index (χ4v) is 3.79. The number of hydrogen-bond donors (Lipinski definition) is 1. The van der Waals surface area contributed by atoms with Crippen molar-refractivity contribution in [2.24, 2.45) is 0 Å². The lowest BCUT2D eigenvalue weighted by molar-refractivity contribution is -0.133. The predicted molar refractivity (Wildman–Crippen MR) is 108 cm³/mol. The fourth-order valence-electron chi connectivity index (χ4n) is 3.79. The van der Waals surface area contributed by atoms with Gasteiger partial charge in [-0.1, -0.05) is 6.07 Å². The van der Waals surface area contributed by atoms with E-state index in [1.165, 1.54) is 6.07 Å². The van der Waals surface area contributed by atoms with Crippen molar-refractivity contribution in [3.05, 3.63) is 63.6 Å². The van der Waals surface area contributed by atoms with Gasteiger partial charge in [0.25, 0.3) is 5.56 Å². The standard InChI is InChI=1S/C21H24N6O2/c1-13-14(2)25-27(15(13)3)12-20(29)26-10-6-8-18(26)21-23-17(11-19(28)24-21)16-7-4-5-9-22-16/h4-5,7,9,11,18H,6,8,10,12H2,1-3H3,(H,23,24,28)/t18-/m0/s1. The van der Waals surface area contributed by atoms with Crippen LogP contribution >= 0.6 is 0 Å². The van der Waals surface area contributed by atoms with Gasteiger partial charge in [0.15, 0.2) is 0 Å². The monoisotopic (exact) mass is 392 g/mol. The van der Waals surface area contributed by atoms with Gasteiger partial charge in [0, 0.05) is 24.5 Å². The molecule has 0 bridgehead atoms. The van der Waals surface area contributed by atoms with Gasteiger partial charge in [0.2, 0.25) is 5.91 Å². The molecule has 0 aromatic carbocycles. The number of pyridine rings is 1. The van der Waals surface area contributed by atoms with Crippen molar-refractivity contribution in [1.29, 1.82) is 0 Å². The van der Waals surface area contributed by atoms with Crippen LogP contribution in [-0.4, -0.2) is 42.1 Å². The Hall–Kier alpha value is -3.29. The van der Waals surface area contributed by atoms with E-state index in [1.807, 2.05) is 39.0 Å². The van der Waals surface area contributed by atoms with Crippen molar-refractivity contribution in [1.82, 2.24) is 29.6 Å². The Bertz CT molecular complexity index is 1100. The SMILES string of the molecule is Cc1nn(CC(=O)N2CCC[C@H]2c2nc(-c3ccccn3)cc(=O)[nH]2)c(C)c1C. The Labute approximate surface area is 168 Å². The summed E-state index contributed by atoms with van der Waals surface area (Å²) >= 11 is 0. The molecule has 150 valence electrons. The van der Waals surface area contributed by atoms with Crippen LogP contribution in [0, 0.1) is 20.8 Å². The molecule has 1 atom stereocenters. The van der Waals surface area contributed by atoms with Gasteiger partial charge in [0.05, 0.1) is 23.1 Å². The summed E-state index contributed by atoms with van der Waals surface area (Å²) in [6.45, 7) is 6.74. The molecule has 1 aliphatic heterocycles. The zero-order valence-corrected chi connectivity index (χ0v) is 16.8. The van der Waals surface area contributed by atoms with Crippen LogP contribution in [0.3, 0.4) is 0 Å². The summed E-state index contributed by atoms with van der Waals surface area (Å²) in [7, 11) is 0. The van der Waals surface area contributed by atoms with Gasteiger partial charge in [-0.05, 0) is 51.3 Å². The van der Waals surface area contributed by atoms with E-state index in [9.17, 15) is 9.59 Å². The van der Waals surface area contributed by atoms with E-state index in [4.69, 9.17) is 0 Å². The first-order valence-electron chi connectivity index (χ1n) is 9.77. The van der Waals surface area contributed by atoms with Gasteiger partial charge in [-0.3, -0.25) is 19.3 Å². The number of aromatic nitrogens is 5. The lowest BCUT2D eigenvalue weighted by Crippen LogP contribution is -2.35. The molecular formula is C21H24N6O2. The first kappa shape index (κ1) is 19.0. The number of rotatable bonds is 4. The molecule has 1 N–H and O–H groups in total. The highest BCUT2D eigenvalue weighted by Gasteiger charge is 2.32. The molecule has 0 saturated carbocycles. The second kappa shape index (κ2) is 7.62. The molecule has 1 fully saturated rings. The smallest absolute Gasteiger partial charge is 0.251 e. The molecule has 1 aliphatic rings. The number of likely N-dealkylation sites (tertiary alicyclic amines) is 1. The summed E-state index contributed by atoms with van der Waals surface area (Å²) in [5, 5.41) is 4.47. The molecular weight excluding hydrogens is 368 g/mol. The second-order valence-corrected chi connectivity index (χ2v) is 7.43. The van der Waals surface area contributed by atoms with Gasteiger partial charge >= 0.3 is 0 Å². The molecule has 1 saturated heterocycles. The normalized spacial score (nSPS) is 16.4. The van der Waals surface area contributed by atoms with Crippen LogP contribution in [0.1, 0.15) is 41.7 Å². The number of amides is 1. The number of carbonyl (C=O) groups is 1. The van der Waals surface area contributed by atoms with E-state index in [0.717, 1.165) is 29.8 Å². The van der Waals surface area contributed by atoms with Crippen LogP contribution in [0.25, 0.3) is 11.4 Å². The van der Waals surface area contributed by atoms with Crippen LogP contribution in [0.5, 0.6) is 0 Å². The molecule has 0 radical (unpaired) electrons. The Balaban J connectivity index is 1.61. The minimum atomic E-state index is -0.253. The quantitative estimate of drug-likeness (QED) is 0.735. The number of aryl methyl sites for hydroxylation is 1. The number of nitrogens with one attached hydrogen (secondary N) is 1. The number of hydrogen-bond acceptors (Lipinski definition) is 5. The van der Waals surface area contributed by atoms with E-state index in [-0.39, 0.29) is 24.1 Å². The van der Waals surface area contributed by atoms with Crippen molar-refractivity contribution in [3.8, 4) is 11.4 Å². The highest BCUT2D eigenvalue weighted by molar-refractivity contribution is 5.76. The number of nitrogens with zero attached hydrogens (tertiary/aromatic N) is 5. The molecule has 0 aliphatic carbocycles. The average molecular weight is 392 g/mol. The minimum Gasteiger partial charge on any atom is -0.331 e. The first-order chi connectivity index (χ1) is 13.9. The average Bonchev–Trinajstić information content (AvgIpc) is 3.30. The topological polar surface area (TPSA) is 96.8 Å². The fraction of sp³-hybridized carbons (Fsp3) is 0.381. The molecule has 3 aromatic rings. The molecule has 29 heavy (non-hydrogen) atoms. The summed E-state index contributed by atoms with van der Waals surface area (Å²) in [6, 6.07) is 6.67. The number of aromatic amines is 1. The molecule has 8 nitrogen and oxygen atoms in total. The maximum Gasteiger partial charge on any atom is 0.251 e. The lowest BCUT2D eigenvalue weighted by atomic mass is 10.2. The maximum atomic E-state index is 13.0. The molecule has 0 spiro atoms.